The molecule has 0 fully saturated rings. The van der Waals surface area contributed by atoms with E-state index in [0.29, 0.717) is 18.3 Å². The number of aromatic hydroxyl groups is 1. The van der Waals surface area contributed by atoms with Crippen molar-refractivity contribution in [2.75, 3.05) is 0 Å². The molecule has 2 N–H and O–H groups in total. The molecule has 19 heavy (non-hydrogen) atoms. The number of aryl methyl sites for hydroxylation is 3. The van der Waals surface area contributed by atoms with Crippen LogP contribution in [-0.2, 0) is 6.54 Å². The molecule has 1 aromatic carbocycles. The number of benzene rings is 1. The van der Waals surface area contributed by atoms with Crippen molar-refractivity contribution in [3.8, 4) is 5.75 Å². The maximum atomic E-state index is 9.84. The highest BCUT2D eigenvalue weighted by Gasteiger charge is 2.11. The van der Waals surface area contributed by atoms with Crippen LogP contribution in [0.5, 0.6) is 5.75 Å². The summed E-state index contributed by atoms with van der Waals surface area (Å²) in [4.78, 5) is 2.71. The Bertz CT molecular complexity index is 574. The number of nitrogens with one attached hydrogen (secondary N) is 1. The van der Waals surface area contributed by atoms with Gasteiger partial charge >= 0.3 is 0 Å². The van der Waals surface area contributed by atoms with Crippen LogP contribution in [0.15, 0.2) is 24.3 Å². The lowest BCUT2D eigenvalue weighted by Crippen LogP contribution is -2.18. The van der Waals surface area contributed by atoms with E-state index in [1.54, 1.807) is 6.07 Å². The van der Waals surface area contributed by atoms with E-state index in [2.05, 4.69) is 32.2 Å². The standard InChI is InChI=1S/C16H21NOS/c1-10-5-6-16(18)14(7-10)9-17-12(3)15-8-11(2)19-13(15)4/h5-8,12,17-18H,9H2,1-4H3. The summed E-state index contributed by atoms with van der Waals surface area (Å²) in [5, 5.41) is 13.3. The number of hydrogen-bond acceptors (Lipinski definition) is 3. The Labute approximate surface area is 119 Å². The molecule has 0 amide bonds. The van der Waals surface area contributed by atoms with Crippen molar-refractivity contribution in [2.24, 2.45) is 0 Å². The fourth-order valence-corrected chi connectivity index (χ4v) is 3.33. The molecule has 0 spiro atoms. The molecule has 0 aliphatic heterocycles. The van der Waals surface area contributed by atoms with Gasteiger partial charge in [0.25, 0.3) is 0 Å². The zero-order valence-corrected chi connectivity index (χ0v) is 12.8. The van der Waals surface area contributed by atoms with Gasteiger partial charge in [0.15, 0.2) is 0 Å². The Balaban J connectivity index is 2.06. The average Bonchev–Trinajstić information content (AvgIpc) is 2.69. The first-order valence-electron chi connectivity index (χ1n) is 6.56. The molecular weight excluding hydrogens is 254 g/mol. The fourth-order valence-electron chi connectivity index (χ4n) is 2.31. The minimum atomic E-state index is 0.296. The van der Waals surface area contributed by atoms with E-state index in [4.69, 9.17) is 0 Å². The minimum absolute atomic E-state index is 0.296. The zero-order chi connectivity index (χ0) is 14.0. The van der Waals surface area contributed by atoms with Gasteiger partial charge in [0, 0.05) is 27.9 Å². The molecular formula is C16H21NOS. The van der Waals surface area contributed by atoms with Crippen LogP contribution in [0.1, 0.15) is 39.4 Å². The molecule has 1 aromatic heterocycles. The van der Waals surface area contributed by atoms with Gasteiger partial charge in [0.1, 0.15) is 5.75 Å². The van der Waals surface area contributed by atoms with E-state index >= 15 is 0 Å². The number of hydrogen-bond donors (Lipinski definition) is 2. The molecule has 2 nitrogen and oxygen atoms in total. The Hall–Kier alpha value is -1.32. The predicted octanol–water partition coefficient (Wildman–Crippen LogP) is 4.23. The number of phenols is 1. The van der Waals surface area contributed by atoms with Crippen molar-refractivity contribution < 1.29 is 5.11 Å². The summed E-state index contributed by atoms with van der Waals surface area (Å²) in [6, 6.07) is 8.25. The molecule has 1 heterocycles. The lowest BCUT2D eigenvalue weighted by Gasteiger charge is -2.15. The smallest absolute Gasteiger partial charge is 0.120 e. The highest BCUT2D eigenvalue weighted by molar-refractivity contribution is 7.12. The maximum Gasteiger partial charge on any atom is 0.120 e. The van der Waals surface area contributed by atoms with Crippen LogP contribution in [-0.4, -0.2) is 5.11 Å². The van der Waals surface area contributed by atoms with E-state index in [9.17, 15) is 5.11 Å². The molecule has 0 bridgehead atoms. The number of rotatable bonds is 4. The lowest BCUT2D eigenvalue weighted by atomic mass is 10.1. The molecule has 0 radical (unpaired) electrons. The van der Waals surface area contributed by atoms with Crippen molar-refractivity contribution >= 4 is 11.3 Å². The lowest BCUT2D eigenvalue weighted by molar-refractivity contribution is 0.460. The van der Waals surface area contributed by atoms with Crippen molar-refractivity contribution in [1.29, 1.82) is 0 Å². The Morgan fingerprint density at radius 3 is 2.58 bits per heavy atom. The third kappa shape index (κ3) is 3.37. The normalized spacial score (nSPS) is 12.6. The first-order valence-corrected chi connectivity index (χ1v) is 7.38. The topological polar surface area (TPSA) is 32.3 Å². The summed E-state index contributed by atoms with van der Waals surface area (Å²) < 4.78 is 0. The van der Waals surface area contributed by atoms with Crippen LogP contribution in [0.4, 0.5) is 0 Å². The molecule has 102 valence electrons. The second-order valence-electron chi connectivity index (χ2n) is 5.10. The van der Waals surface area contributed by atoms with Crippen LogP contribution in [0.2, 0.25) is 0 Å². The molecule has 3 heteroatoms. The van der Waals surface area contributed by atoms with Gasteiger partial charge in [-0.05, 0) is 45.4 Å². The van der Waals surface area contributed by atoms with E-state index in [1.165, 1.54) is 20.9 Å². The molecule has 0 saturated heterocycles. The van der Waals surface area contributed by atoms with Crippen molar-refractivity contribution in [3.63, 3.8) is 0 Å². The third-order valence-electron chi connectivity index (χ3n) is 3.38. The maximum absolute atomic E-state index is 9.84. The van der Waals surface area contributed by atoms with Crippen LogP contribution < -0.4 is 5.32 Å². The van der Waals surface area contributed by atoms with Crippen LogP contribution in [0.3, 0.4) is 0 Å². The van der Waals surface area contributed by atoms with Gasteiger partial charge in [-0.1, -0.05) is 17.7 Å². The van der Waals surface area contributed by atoms with Gasteiger partial charge in [-0.2, -0.15) is 0 Å². The minimum Gasteiger partial charge on any atom is -0.508 e. The molecule has 1 atom stereocenters. The summed E-state index contributed by atoms with van der Waals surface area (Å²) in [5.41, 5.74) is 3.48. The van der Waals surface area contributed by atoms with Crippen LogP contribution in [0.25, 0.3) is 0 Å². The summed E-state index contributed by atoms with van der Waals surface area (Å²) in [6.45, 7) is 9.19. The average molecular weight is 275 g/mol. The molecule has 2 aromatic rings. The van der Waals surface area contributed by atoms with Gasteiger partial charge < -0.3 is 10.4 Å². The van der Waals surface area contributed by atoms with Gasteiger partial charge in [-0.25, -0.2) is 0 Å². The highest BCUT2D eigenvalue weighted by Crippen LogP contribution is 2.27. The summed E-state index contributed by atoms with van der Waals surface area (Å²) in [5.74, 6) is 0.364. The Morgan fingerprint density at radius 2 is 1.95 bits per heavy atom. The van der Waals surface area contributed by atoms with Crippen LogP contribution >= 0.6 is 11.3 Å². The first kappa shape index (κ1) is 14.1. The Kier molecular flexibility index (Phi) is 4.27. The molecule has 0 aliphatic rings. The van der Waals surface area contributed by atoms with E-state index in [1.807, 2.05) is 30.4 Å². The Morgan fingerprint density at radius 1 is 1.21 bits per heavy atom. The molecule has 2 rings (SSSR count). The second-order valence-corrected chi connectivity index (χ2v) is 6.56. The largest absolute Gasteiger partial charge is 0.508 e. The SMILES string of the molecule is Cc1ccc(O)c(CNC(C)c2cc(C)sc2C)c1. The summed E-state index contributed by atoms with van der Waals surface area (Å²) >= 11 is 1.84. The van der Waals surface area contributed by atoms with Crippen LogP contribution in [0, 0.1) is 20.8 Å². The summed E-state index contributed by atoms with van der Waals surface area (Å²) in [6.07, 6.45) is 0. The van der Waals surface area contributed by atoms with Crippen molar-refractivity contribution in [3.05, 3.63) is 50.7 Å². The van der Waals surface area contributed by atoms with Gasteiger partial charge in [-0.3, -0.25) is 0 Å². The summed E-state index contributed by atoms with van der Waals surface area (Å²) in [7, 11) is 0. The highest BCUT2D eigenvalue weighted by atomic mass is 32.1. The van der Waals surface area contributed by atoms with Crippen molar-refractivity contribution in [2.45, 2.75) is 40.3 Å². The van der Waals surface area contributed by atoms with E-state index < -0.39 is 0 Å². The van der Waals surface area contributed by atoms with Gasteiger partial charge in [0.05, 0.1) is 0 Å². The van der Waals surface area contributed by atoms with E-state index in [-0.39, 0.29) is 0 Å². The third-order valence-corrected chi connectivity index (χ3v) is 4.36. The fraction of sp³-hybridized carbons (Fsp3) is 0.375. The van der Waals surface area contributed by atoms with Gasteiger partial charge in [0.2, 0.25) is 0 Å². The molecule has 0 aliphatic carbocycles. The number of phenolic OH excluding ortho intramolecular Hbond substituents is 1. The monoisotopic (exact) mass is 275 g/mol. The first-order chi connectivity index (χ1) is 8.97. The quantitative estimate of drug-likeness (QED) is 0.875. The van der Waals surface area contributed by atoms with Crippen molar-refractivity contribution in [1.82, 2.24) is 5.32 Å². The molecule has 0 saturated carbocycles. The number of thiophene rings is 1. The molecule has 1 unspecified atom stereocenters. The van der Waals surface area contributed by atoms with Gasteiger partial charge in [-0.15, -0.1) is 11.3 Å². The zero-order valence-electron chi connectivity index (χ0n) is 11.9. The van der Waals surface area contributed by atoms with E-state index in [0.717, 1.165) is 5.56 Å². The second kappa shape index (κ2) is 5.76. The predicted molar refractivity (Wildman–Crippen MR) is 81.9 cm³/mol.